The molecule has 2 N–H and O–H groups in total. The Bertz CT molecular complexity index is 316. The summed E-state index contributed by atoms with van der Waals surface area (Å²) in [6, 6.07) is 2.61. The van der Waals surface area contributed by atoms with Crippen molar-refractivity contribution in [1.29, 1.82) is 0 Å². The van der Waals surface area contributed by atoms with Gasteiger partial charge in [0.25, 0.3) is 0 Å². The third-order valence-corrected chi connectivity index (χ3v) is 1.80. The molecular weight excluding hydrogens is 208 g/mol. The number of phenols is 2. The van der Waals surface area contributed by atoms with E-state index in [1.165, 1.54) is 26.4 Å². The summed E-state index contributed by atoms with van der Waals surface area (Å²) in [6.07, 6.45) is 4.00. The summed E-state index contributed by atoms with van der Waals surface area (Å²) in [7, 11) is 2.79. The number of aromatic hydroxyl groups is 2. The molecule has 0 heterocycles. The van der Waals surface area contributed by atoms with Gasteiger partial charge in [-0.15, -0.1) is 0 Å². The van der Waals surface area contributed by atoms with Gasteiger partial charge in [0.05, 0.1) is 14.2 Å². The molecular formula is C12H18O4. The van der Waals surface area contributed by atoms with Crippen molar-refractivity contribution in [2.24, 2.45) is 0 Å². The number of hydrogen-bond donors (Lipinski definition) is 2. The lowest BCUT2D eigenvalue weighted by Crippen LogP contribution is -1.88. The second-order valence-electron chi connectivity index (χ2n) is 2.87. The molecule has 0 fully saturated rings. The molecule has 90 valence electrons. The molecule has 1 aromatic carbocycles. The SMILES string of the molecule is CC=CC.COc1cc(O)cc(OC)c1O. The van der Waals surface area contributed by atoms with Crippen LogP contribution in [0.2, 0.25) is 0 Å². The number of ether oxygens (including phenoxy) is 2. The predicted octanol–water partition coefficient (Wildman–Crippen LogP) is 2.70. The molecule has 0 amide bonds. The molecule has 0 aliphatic heterocycles. The van der Waals surface area contributed by atoms with Crippen LogP contribution in [-0.2, 0) is 0 Å². The lowest BCUT2D eigenvalue weighted by Gasteiger charge is -2.07. The van der Waals surface area contributed by atoms with E-state index >= 15 is 0 Å². The first-order valence-electron chi connectivity index (χ1n) is 4.81. The minimum atomic E-state index is -0.113. The van der Waals surface area contributed by atoms with Gasteiger partial charge < -0.3 is 19.7 Å². The van der Waals surface area contributed by atoms with Gasteiger partial charge in [0.2, 0.25) is 5.75 Å². The minimum Gasteiger partial charge on any atom is -0.508 e. The van der Waals surface area contributed by atoms with Crippen molar-refractivity contribution in [3.05, 3.63) is 24.3 Å². The molecule has 4 nitrogen and oxygen atoms in total. The minimum absolute atomic E-state index is 0.0125. The van der Waals surface area contributed by atoms with Crippen molar-refractivity contribution in [2.75, 3.05) is 14.2 Å². The second-order valence-corrected chi connectivity index (χ2v) is 2.87. The normalized spacial score (nSPS) is 9.50. The number of rotatable bonds is 2. The number of phenolic OH excluding ortho intramolecular Hbond substituents is 2. The third kappa shape index (κ3) is 4.13. The molecule has 1 aromatic rings. The molecule has 16 heavy (non-hydrogen) atoms. The Morgan fingerprint density at radius 1 is 0.938 bits per heavy atom. The average Bonchev–Trinajstić information content (AvgIpc) is 2.31. The van der Waals surface area contributed by atoms with Crippen LogP contribution in [0.1, 0.15) is 13.8 Å². The van der Waals surface area contributed by atoms with E-state index in [4.69, 9.17) is 14.6 Å². The lowest BCUT2D eigenvalue weighted by molar-refractivity contribution is 0.334. The van der Waals surface area contributed by atoms with Crippen LogP contribution in [0.3, 0.4) is 0 Å². The van der Waals surface area contributed by atoms with Crippen LogP contribution in [0.15, 0.2) is 24.3 Å². The van der Waals surface area contributed by atoms with E-state index in [1.807, 2.05) is 26.0 Å². The Kier molecular flexibility index (Phi) is 6.59. The zero-order valence-corrected chi connectivity index (χ0v) is 10.0. The van der Waals surface area contributed by atoms with Gasteiger partial charge in [-0.05, 0) is 13.8 Å². The van der Waals surface area contributed by atoms with Crippen molar-refractivity contribution in [3.63, 3.8) is 0 Å². The smallest absolute Gasteiger partial charge is 0.201 e. The molecule has 1 rings (SSSR count). The third-order valence-electron chi connectivity index (χ3n) is 1.80. The number of benzene rings is 1. The van der Waals surface area contributed by atoms with Crippen LogP contribution in [0.5, 0.6) is 23.0 Å². The second kappa shape index (κ2) is 7.45. The molecule has 0 radical (unpaired) electrons. The van der Waals surface area contributed by atoms with Gasteiger partial charge in [0.1, 0.15) is 5.75 Å². The molecule has 0 unspecified atom stereocenters. The predicted molar refractivity (Wildman–Crippen MR) is 63.4 cm³/mol. The van der Waals surface area contributed by atoms with Crippen molar-refractivity contribution >= 4 is 0 Å². The van der Waals surface area contributed by atoms with Gasteiger partial charge in [-0.25, -0.2) is 0 Å². The van der Waals surface area contributed by atoms with E-state index in [0.29, 0.717) is 0 Å². The van der Waals surface area contributed by atoms with Crippen LogP contribution in [0.4, 0.5) is 0 Å². The fourth-order valence-electron chi connectivity index (χ4n) is 0.880. The number of allylic oxidation sites excluding steroid dienone is 2. The fraction of sp³-hybridized carbons (Fsp3) is 0.333. The van der Waals surface area contributed by atoms with Crippen molar-refractivity contribution in [1.82, 2.24) is 0 Å². The zero-order valence-electron chi connectivity index (χ0n) is 10.0. The average molecular weight is 226 g/mol. The summed E-state index contributed by atoms with van der Waals surface area (Å²) < 4.78 is 9.56. The monoisotopic (exact) mass is 226 g/mol. The van der Waals surface area contributed by atoms with Crippen LogP contribution in [0.25, 0.3) is 0 Å². The molecule has 0 atom stereocenters. The standard InChI is InChI=1S/C8H10O4.C4H8/c1-11-6-3-5(9)4-7(12-2)8(6)10;1-3-4-2/h3-4,9-10H,1-2H3;3-4H,1-2H3. The summed E-state index contributed by atoms with van der Waals surface area (Å²) in [5, 5.41) is 18.5. The summed E-state index contributed by atoms with van der Waals surface area (Å²) >= 11 is 0. The highest BCUT2D eigenvalue weighted by Crippen LogP contribution is 2.39. The summed E-state index contributed by atoms with van der Waals surface area (Å²) in [5.74, 6) is 0.248. The highest BCUT2D eigenvalue weighted by molar-refractivity contribution is 5.54. The van der Waals surface area contributed by atoms with E-state index in [0.717, 1.165) is 0 Å². The van der Waals surface area contributed by atoms with E-state index in [9.17, 15) is 5.11 Å². The van der Waals surface area contributed by atoms with Crippen LogP contribution in [0, 0.1) is 0 Å². The molecule has 0 aliphatic rings. The van der Waals surface area contributed by atoms with Crippen LogP contribution < -0.4 is 9.47 Å². The highest BCUT2D eigenvalue weighted by Gasteiger charge is 2.09. The molecule has 0 aromatic heterocycles. The lowest BCUT2D eigenvalue weighted by atomic mass is 10.3. The maximum absolute atomic E-state index is 9.35. The van der Waals surface area contributed by atoms with E-state index in [-0.39, 0.29) is 23.0 Å². The maximum Gasteiger partial charge on any atom is 0.201 e. The van der Waals surface area contributed by atoms with E-state index in [2.05, 4.69) is 0 Å². The first-order valence-corrected chi connectivity index (χ1v) is 4.81. The molecule has 0 bridgehead atoms. The first kappa shape index (κ1) is 14.2. The summed E-state index contributed by atoms with van der Waals surface area (Å²) in [6.45, 7) is 4.00. The molecule has 0 saturated heterocycles. The summed E-state index contributed by atoms with van der Waals surface area (Å²) in [5.41, 5.74) is 0. The Morgan fingerprint density at radius 2 is 1.31 bits per heavy atom. The van der Waals surface area contributed by atoms with Crippen molar-refractivity contribution in [2.45, 2.75) is 13.8 Å². The quantitative estimate of drug-likeness (QED) is 0.601. The zero-order chi connectivity index (χ0) is 12.6. The van der Waals surface area contributed by atoms with Gasteiger partial charge in [-0.1, -0.05) is 12.2 Å². The molecule has 0 aliphatic carbocycles. The fourth-order valence-corrected chi connectivity index (χ4v) is 0.880. The topological polar surface area (TPSA) is 58.9 Å². The van der Waals surface area contributed by atoms with Gasteiger partial charge in [-0.2, -0.15) is 0 Å². The Morgan fingerprint density at radius 3 is 1.56 bits per heavy atom. The maximum atomic E-state index is 9.35. The first-order chi connectivity index (χ1) is 7.60. The van der Waals surface area contributed by atoms with Crippen LogP contribution in [-0.4, -0.2) is 24.4 Å². The molecule has 0 saturated carbocycles. The van der Waals surface area contributed by atoms with Crippen molar-refractivity contribution in [3.8, 4) is 23.0 Å². The van der Waals surface area contributed by atoms with Gasteiger partial charge in [-0.3, -0.25) is 0 Å². The van der Waals surface area contributed by atoms with E-state index < -0.39 is 0 Å². The summed E-state index contributed by atoms with van der Waals surface area (Å²) in [4.78, 5) is 0. The molecule has 4 heteroatoms. The van der Waals surface area contributed by atoms with Crippen LogP contribution >= 0.6 is 0 Å². The van der Waals surface area contributed by atoms with Gasteiger partial charge in [0.15, 0.2) is 11.5 Å². The largest absolute Gasteiger partial charge is 0.508 e. The van der Waals surface area contributed by atoms with Crippen molar-refractivity contribution < 1.29 is 19.7 Å². The number of hydrogen-bond acceptors (Lipinski definition) is 4. The Balaban J connectivity index is 0.000000487. The van der Waals surface area contributed by atoms with E-state index in [1.54, 1.807) is 0 Å². The highest BCUT2D eigenvalue weighted by atomic mass is 16.5. The Hall–Kier alpha value is -1.84. The number of methoxy groups -OCH3 is 2. The Labute approximate surface area is 95.8 Å². The van der Waals surface area contributed by atoms with Gasteiger partial charge >= 0.3 is 0 Å². The van der Waals surface area contributed by atoms with Gasteiger partial charge in [0, 0.05) is 12.1 Å². The molecule has 0 spiro atoms.